The van der Waals surface area contributed by atoms with Crippen LogP contribution in [0.3, 0.4) is 0 Å². The number of nitrogens with two attached hydrogens (primary N) is 1. The van der Waals surface area contributed by atoms with Crippen molar-refractivity contribution < 1.29 is 4.79 Å². The van der Waals surface area contributed by atoms with Gasteiger partial charge in [0.2, 0.25) is 5.91 Å². The summed E-state index contributed by atoms with van der Waals surface area (Å²) >= 11 is 0. The molecule has 134 valence electrons. The molecular formula is C18H24N4O3. The average Bonchev–Trinajstić information content (AvgIpc) is 2.57. The maximum atomic E-state index is 12.6. The summed E-state index contributed by atoms with van der Waals surface area (Å²) in [6, 6.07) is 6.99. The Morgan fingerprint density at radius 3 is 2.76 bits per heavy atom. The first-order valence-corrected chi connectivity index (χ1v) is 8.55. The van der Waals surface area contributed by atoms with Gasteiger partial charge < -0.3 is 10.6 Å². The highest BCUT2D eigenvalue weighted by molar-refractivity contribution is 5.79. The zero-order valence-corrected chi connectivity index (χ0v) is 14.6. The molecule has 0 radical (unpaired) electrons. The second-order valence-corrected chi connectivity index (χ2v) is 7.38. The van der Waals surface area contributed by atoms with Gasteiger partial charge in [0.15, 0.2) is 0 Å². The summed E-state index contributed by atoms with van der Waals surface area (Å²) in [6.45, 7) is 5.63. The number of rotatable bonds is 3. The van der Waals surface area contributed by atoms with Crippen molar-refractivity contribution in [2.24, 2.45) is 11.1 Å². The largest absolute Gasteiger partial charge is 0.342 e. The number of carbonyl (C=O) groups is 1. The third-order valence-electron chi connectivity index (χ3n) is 5.12. The van der Waals surface area contributed by atoms with Crippen LogP contribution in [0.15, 0.2) is 33.9 Å². The minimum absolute atomic E-state index is 0.00200. The Labute approximate surface area is 145 Å². The van der Waals surface area contributed by atoms with Crippen molar-refractivity contribution in [3.8, 4) is 0 Å². The topological polar surface area (TPSA) is 101 Å². The minimum atomic E-state index is -0.488. The average molecular weight is 344 g/mol. The van der Waals surface area contributed by atoms with Gasteiger partial charge in [0.25, 0.3) is 5.56 Å². The third kappa shape index (κ3) is 3.37. The number of likely N-dealkylation sites (tertiary alicyclic amines) is 1. The number of nitrogens with one attached hydrogen (secondary N) is 1. The van der Waals surface area contributed by atoms with E-state index in [4.69, 9.17) is 5.73 Å². The normalized spacial score (nSPS) is 20.0. The third-order valence-corrected chi connectivity index (χ3v) is 5.12. The molecule has 1 unspecified atom stereocenters. The molecule has 1 fully saturated rings. The standard InChI is InChI=1S/C18H24N4O3/c1-18(2)11-21(9-7-14(18)19)15(23)8-10-22-13-6-4-3-5-12(13)16(24)20-17(22)25/h3-6,14H,7-11,19H2,1-2H3,(H,20,24,25). The number of carbonyl (C=O) groups excluding carboxylic acids is 1. The molecule has 1 aromatic carbocycles. The summed E-state index contributed by atoms with van der Waals surface area (Å²) < 4.78 is 1.45. The van der Waals surface area contributed by atoms with Gasteiger partial charge in [0, 0.05) is 32.1 Å². The van der Waals surface area contributed by atoms with Crippen LogP contribution in [0.5, 0.6) is 0 Å². The van der Waals surface area contributed by atoms with E-state index in [1.165, 1.54) is 4.57 Å². The first-order chi connectivity index (χ1) is 11.8. The van der Waals surface area contributed by atoms with Crippen LogP contribution in [-0.4, -0.2) is 39.5 Å². The highest BCUT2D eigenvalue weighted by atomic mass is 16.2. The van der Waals surface area contributed by atoms with Gasteiger partial charge in [0.1, 0.15) is 0 Å². The van der Waals surface area contributed by atoms with E-state index in [0.29, 0.717) is 24.0 Å². The fourth-order valence-electron chi connectivity index (χ4n) is 3.42. The number of amides is 1. The fraction of sp³-hybridized carbons (Fsp3) is 0.500. The molecule has 0 spiro atoms. The molecule has 1 saturated heterocycles. The van der Waals surface area contributed by atoms with Crippen molar-refractivity contribution >= 4 is 16.8 Å². The van der Waals surface area contributed by atoms with E-state index < -0.39 is 11.2 Å². The number of aromatic nitrogens is 2. The molecule has 1 atom stereocenters. The summed E-state index contributed by atoms with van der Waals surface area (Å²) in [5.41, 5.74) is 5.65. The van der Waals surface area contributed by atoms with Crippen LogP contribution in [0, 0.1) is 5.41 Å². The van der Waals surface area contributed by atoms with Crippen molar-refractivity contribution in [3.05, 3.63) is 45.1 Å². The number of nitrogens with zero attached hydrogens (tertiary/aromatic N) is 2. The van der Waals surface area contributed by atoms with Gasteiger partial charge in [-0.05, 0) is 24.0 Å². The van der Waals surface area contributed by atoms with E-state index in [1.807, 2.05) is 4.90 Å². The Hall–Kier alpha value is -2.41. The molecule has 1 amide bonds. The van der Waals surface area contributed by atoms with Crippen molar-refractivity contribution in [3.63, 3.8) is 0 Å². The van der Waals surface area contributed by atoms with Crippen LogP contribution in [-0.2, 0) is 11.3 Å². The van der Waals surface area contributed by atoms with Crippen molar-refractivity contribution in [2.45, 2.75) is 39.3 Å². The molecule has 1 aliphatic heterocycles. The molecule has 3 N–H and O–H groups in total. The number of hydrogen-bond donors (Lipinski definition) is 2. The predicted molar refractivity (Wildman–Crippen MR) is 96.4 cm³/mol. The van der Waals surface area contributed by atoms with E-state index >= 15 is 0 Å². The molecule has 7 heteroatoms. The van der Waals surface area contributed by atoms with Gasteiger partial charge in [-0.25, -0.2) is 4.79 Å². The maximum absolute atomic E-state index is 12.6. The number of para-hydroxylation sites is 1. The lowest BCUT2D eigenvalue weighted by Gasteiger charge is -2.42. The molecule has 0 saturated carbocycles. The number of hydrogen-bond acceptors (Lipinski definition) is 4. The lowest BCUT2D eigenvalue weighted by Crippen LogP contribution is -2.54. The molecule has 2 heterocycles. The first-order valence-electron chi connectivity index (χ1n) is 8.55. The Morgan fingerprint density at radius 2 is 2.04 bits per heavy atom. The van der Waals surface area contributed by atoms with Gasteiger partial charge in [-0.1, -0.05) is 26.0 Å². The van der Waals surface area contributed by atoms with Crippen molar-refractivity contribution in [1.82, 2.24) is 14.5 Å². The molecule has 0 aliphatic carbocycles. The second kappa shape index (κ2) is 6.48. The van der Waals surface area contributed by atoms with Crippen molar-refractivity contribution in [2.75, 3.05) is 13.1 Å². The maximum Gasteiger partial charge on any atom is 0.328 e. The van der Waals surface area contributed by atoms with Crippen LogP contribution in [0.1, 0.15) is 26.7 Å². The highest BCUT2D eigenvalue weighted by Crippen LogP contribution is 2.28. The summed E-state index contributed by atoms with van der Waals surface area (Å²) in [7, 11) is 0. The lowest BCUT2D eigenvalue weighted by molar-refractivity contribution is -0.134. The zero-order chi connectivity index (χ0) is 18.2. The predicted octanol–water partition coefficient (Wildman–Crippen LogP) is 0.666. The number of fused-ring (bicyclic) bond motifs is 1. The quantitative estimate of drug-likeness (QED) is 0.854. The summed E-state index contributed by atoms with van der Waals surface area (Å²) in [4.78, 5) is 40.8. The van der Waals surface area contributed by atoms with E-state index in [1.54, 1.807) is 24.3 Å². The Morgan fingerprint density at radius 1 is 1.32 bits per heavy atom. The Kier molecular flexibility index (Phi) is 4.51. The zero-order valence-electron chi connectivity index (χ0n) is 14.6. The fourth-order valence-corrected chi connectivity index (χ4v) is 3.42. The number of H-pyrrole nitrogens is 1. The van der Waals surface area contributed by atoms with Gasteiger partial charge in [0.05, 0.1) is 10.9 Å². The van der Waals surface area contributed by atoms with Gasteiger partial charge in [-0.2, -0.15) is 0 Å². The van der Waals surface area contributed by atoms with Gasteiger partial charge in [-0.3, -0.25) is 19.1 Å². The summed E-state index contributed by atoms with van der Waals surface area (Å²) in [5.74, 6) is 0.00200. The van der Waals surface area contributed by atoms with Crippen molar-refractivity contribution in [1.29, 1.82) is 0 Å². The van der Waals surface area contributed by atoms with E-state index in [-0.39, 0.29) is 30.3 Å². The molecule has 2 aromatic rings. The minimum Gasteiger partial charge on any atom is -0.342 e. The summed E-state index contributed by atoms with van der Waals surface area (Å²) in [5, 5.41) is 0.444. The van der Waals surface area contributed by atoms with Crippen LogP contribution in [0.4, 0.5) is 0 Å². The number of benzene rings is 1. The molecule has 1 aromatic heterocycles. The van der Waals surface area contributed by atoms with E-state index in [9.17, 15) is 14.4 Å². The van der Waals surface area contributed by atoms with Crippen LogP contribution >= 0.6 is 0 Å². The molecule has 25 heavy (non-hydrogen) atoms. The molecular weight excluding hydrogens is 320 g/mol. The molecule has 3 rings (SSSR count). The lowest BCUT2D eigenvalue weighted by atomic mass is 9.79. The number of aromatic amines is 1. The van der Waals surface area contributed by atoms with E-state index in [0.717, 1.165) is 6.42 Å². The van der Waals surface area contributed by atoms with Crippen LogP contribution in [0.2, 0.25) is 0 Å². The van der Waals surface area contributed by atoms with Gasteiger partial charge >= 0.3 is 5.69 Å². The molecule has 0 bridgehead atoms. The Balaban J connectivity index is 1.78. The van der Waals surface area contributed by atoms with Crippen LogP contribution < -0.4 is 17.0 Å². The first kappa shape index (κ1) is 17.4. The second-order valence-electron chi connectivity index (χ2n) is 7.38. The van der Waals surface area contributed by atoms with Gasteiger partial charge in [-0.15, -0.1) is 0 Å². The van der Waals surface area contributed by atoms with Crippen LogP contribution in [0.25, 0.3) is 10.9 Å². The Bertz CT molecular complexity index is 912. The monoisotopic (exact) mass is 344 g/mol. The highest BCUT2D eigenvalue weighted by Gasteiger charge is 2.35. The smallest absolute Gasteiger partial charge is 0.328 e. The number of aryl methyl sites for hydroxylation is 1. The molecule has 1 aliphatic rings. The number of piperidine rings is 1. The van der Waals surface area contributed by atoms with E-state index in [2.05, 4.69) is 18.8 Å². The SMILES string of the molecule is CC1(C)CN(C(=O)CCn2c(=O)[nH]c(=O)c3ccccc32)CCC1N. The molecule has 7 nitrogen and oxygen atoms in total. The summed E-state index contributed by atoms with van der Waals surface area (Å²) in [6.07, 6.45) is 0.988.